The Morgan fingerprint density at radius 2 is 1.65 bits per heavy atom. The smallest absolute Gasteiger partial charge is 0.125 e. The monoisotopic (exact) mass is 244 g/mol. The highest BCUT2D eigenvalue weighted by Gasteiger charge is 1.99. The maximum absolute atomic E-state index is 6.04. The van der Waals surface area contributed by atoms with Gasteiger partial charge in [0.05, 0.1) is 6.54 Å². The van der Waals surface area contributed by atoms with E-state index < -0.39 is 0 Å². The average Bonchev–Trinajstić information content (AvgIpc) is 2.38. The molecule has 0 atom stereocenters. The van der Waals surface area contributed by atoms with Gasteiger partial charge in [-0.25, -0.2) is 0 Å². The zero-order chi connectivity index (χ0) is 12.1. The fourth-order valence-corrected chi connectivity index (χ4v) is 1.69. The van der Waals surface area contributed by atoms with Crippen LogP contribution in [-0.2, 0) is 6.54 Å². The van der Waals surface area contributed by atoms with Crippen LogP contribution in [0.25, 0.3) is 0 Å². The van der Waals surface area contributed by atoms with E-state index in [4.69, 9.17) is 17.3 Å². The molecule has 0 spiro atoms. The maximum Gasteiger partial charge on any atom is 0.125 e. The summed E-state index contributed by atoms with van der Waals surface area (Å²) in [6.07, 6.45) is 0. The van der Waals surface area contributed by atoms with Crippen LogP contribution in [0.15, 0.2) is 59.6 Å². The second-order valence-electron chi connectivity index (χ2n) is 3.66. The molecule has 0 bridgehead atoms. The average molecular weight is 245 g/mol. The molecule has 0 heterocycles. The molecular weight excluding hydrogens is 232 g/mol. The van der Waals surface area contributed by atoms with Crippen LogP contribution in [0.2, 0.25) is 5.02 Å². The molecule has 0 aliphatic rings. The first-order chi connectivity index (χ1) is 8.27. The second kappa shape index (κ2) is 5.51. The summed E-state index contributed by atoms with van der Waals surface area (Å²) in [5, 5.41) is 0.720. The van der Waals surface area contributed by atoms with Gasteiger partial charge >= 0.3 is 0 Å². The first-order valence-electron chi connectivity index (χ1n) is 5.36. The number of halogens is 1. The fourth-order valence-electron chi connectivity index (χ4n) is 1.50. The van der Waals surface area contributed by atoms with Crippen LogP contribution in [0.1, 0.15) is 11.1 Å². The maximum atomic E-state index is 6.04. The van der Waals surface area contributed by atoms with Crippen LogP contribution < -0.4 is 5.73 Å². The summed E-state index contributed by atoms with van der Waals surface area (Å²) in [6.45, 7) is 0.500. The molecular formula is C14H13ClN2. The number of benzene rings is 2. The van der Waals surface area contributed by atoms with E-state index in [1.165, 1.54) is 0 Å². The highest BCUT2D eigenvalue weighted by atomic mass is 35.5. The summed E-state index contributed by atoms with van der Waals surface area (Å²) < 4.78 is 0. The van der Waals surface area contributed by atoms with Gasteiger partial charge in [-0.2, -0.15) is 0 Å². The second-order valence-corrected chi connectivity index (χ2v) is 4.07. The lowest BCUT2D eigenvalue weighted by atomic mass is 10.2. The molecule has 2 aromatic rings. The van der Waals surface area contributed by atoms with E-state index in [0.29, 0.717) is 12.4 Å². The predicted molar refractivity (Wildman–Crippen MR) is 72.3 cm³/mol. The molecule has 0 fully saturated rings. The van der Waals surface area contributed by atoms with Gasteiger partial charge in [0.25, 0.3) is 0 Å². The number of nitrogens with two attached hydrogens (primary N) is 1. The summed E-state index contributed by atoms with van der Waals surface area (Å²) in [5.41, 5.74) is 7.81. The predicted octanol–water partition coefficient (Wildman–Crippen LogP) is 3.25. The Morgan fingerprint density at radius 3 is 2.35 bits per heavy atom. The first kappa shape index (κ1) is 11.7. The topological polar surface area (TPSA) is 38.4 Å². The van der Waals surface area contributed by atoms with Crippen molar-refractivity contribution in [3.63, 3.8) is 0 Å². The molecule has 0 amide bonds. The number of aliphatic imine (C=N–C) groups is 1. The van der Waals surface area contributed by atoms with Gasteiger partial charge in [0.1, 0.15) is 5.84 Å². The molecule has 2 aromatic carbocycles. The van der Waals surface area contributed by atoms with Gasteiger partial charge in [0.15, 0.2) is 0 Å². The van der Waals surface area contributed by atoms with Gasteiger partial charge in [-0.1, -0.05) is 60.1 Å². The molecule has 0 aromatic heterocycles. The van der Waals surface area contributed by atoms with E-state index in [9.17, 15) is 0 Å². The van der Waals surface area contributed by atoms with Crippen molar-refractivity contribution in [3.8, 4) is 0 Å². The highest BCUT2D eigenvalue weighted by molar-refractivity contribution is 6.31. The summed E-state index contributed by atoms with van der Waals surface area (Å²) >= 11 is 6.04. The Kier molecular flexibility index (Phi) is 3.78. The number of hydrogen-bond donors (Lipinski definition) is 1. The Labute approximate surface area is 106 Å². The van der Waals surface area contributed by atoms with Gasteiger partial charge < -0.3 is 5.73 Å². The molecule has 2 nitrogen and oxygen atoms in total. The molecule has 0 radical (unpaired) electrons. The molecule has 86 valence electrons. The fraction of sp³-hybridized carbons (Fsp3) is 0.0714. The zero-order valence-electron chi connectivity index (χ0n) is 9.31. The Morgan fingerprint density at radius 1 is 1.00 bits per heavy atom. The highest BCUT2D eigenvalue weighted by Crippen LogP contribution is 2.15. The van der Waals surface area contributed by atoms with Crippen molar-refractivity contribution >= 4 is 17.4 Å². The normalized spacial score (nSPS) is 11.5. The summed E-state index contributed by atoms with van der Waals surface area (Å²) in [5.74, 6) is 0.533. The van der Waals surface area contributed by atoms with Crippen molar-refractivity contribution in [3.05, 3.63) is 70.7 Å². The lowest BCUT2D eigenvalue weighted by Crippen LogP contribution is -2.13. The number of hydrogen-bond acceptors (Lipinski definition) is 1. The van der Waals surface area contributed by atoms with Gasteiger partial charge in [-0.05, 0) is 11.6 Å². The third-order valence-corrected chi connectivity index (χ3v) is 2.82. The van der Waals surface area contributed by atoms with Crippen LogP contribution in [-0.4, -0.2) is 5.84 Å². The minimum atomic E-state index is 0.500. The summed E-state index contributed by atoms with van der Waals surface area (Å²) in [7, 11) is 0. The minimum Gasteiger partial charge on any atom is -0.383 e. The lowest BCUT2D eigenvalue weighted by Gasteiger charge is -2.02. The molecule has 3 heteroatoms. The van der Waals surface area contributed by atoms with Crippen LogP contribution in [0.4, 0.5) is 0 Å². The van der Waals surface area contributed by atoms with Crippen LogP contribution >= 0.6 is 11.6 Å². The quantitative estimate of drug-likeness (QED) is 0.653. The first-order valence-corrected chi connectivity index (χ1v) is 5.74. The molecule has 2 N–H and O–H groups in total. The molecule has 0 saturated heterocycles. The van der Waals surface area contributed by atoms with Crippen LogP contribution in [0.5, 0.6) is 0 Å². The van der Waals surface area contributed by atoms with E-state index in [1.54, 1.807) is 0 Å². The third-order valence-electron chi connectivity index (χ3n) is 2.45. The molecule has 0 saturated carbocycles. The Balaban J connectivity index is 2.14. The van der Waals surface area contributed by atoms with Crippen LogP contribution in [0, 0.1) is 0 Å². The number of amidine groups is 1. The van der Waals surface area contributed by atoms with E-state index in [1.807, 2.05) is 54.6 Å². The minimum absolute atomic E-state index is 0.500. The van der Waals surface area contributed by atoms with Gasteiger partial charge in [0.2, 0.25) is 0 Å². The molecule has 2 rings (SSSR count). The SMILES string of the molecule is NC(=NCc1ccccc1Cl)c1ccccc1. The third kappa shape index (κ3) is 3.08. The molecule has 0 aliphatic heterocycles. The van der Waals surface area contributed by atoms with E-state index >= 15 is 0 Å². The zero-order valence-corrected chi connectivity index (χ0v) is 10.1. The standard InChI is InChI=1S/C14H13ClN2/c15-13-9-5-4-8-12(13)10-17-14(16)11-6-2-1-3-7-11/h1-9H,10H2,(H2,16,17). The van der Waals surface area contributed by atoms with Crippen molar-refractivity contribution in [2.75, 3.05) is 0 Å². The van der Waals surface area contributed by atoms with Gasteiger partial charge in [-0.3, -0.25) is 4.99 Å². The van der Waals surface area contributed by atoms with Gasteiger partial charge in [0, 0.05) is 10.6 Å². The summed E-state index contributed by atoms with van der Waals surface area (Å²) in [6, 6.07) is 17.3. The van der Waals surface area contributed by atoms with E-state index in [0.717, 1.165) is 16.1 Å². The van der Waals surface area contributed by atoms with Gasteiger partial charge in [-0.15, -0.1) is 0 Å². The molecule has 17 heavy (non-hydrogen) atoms. The van der Waals surface area contributed by atoms with E-state index in [-0.39, 0.29) is 0 Å². The lowest BCUT2D eigenvalue weighted by molar-refractivity contribution is 1.06. The van der Waals surface area contributed by atoms with Crippen molar-refractivity contribution in [2.24, 2.45) is 10.7 Å². The van der Waals surface area contributed by atoms with Crippen molar-refractivity contribution in [2.45, 2.75) is 6.54 Å². The van der Waals surface area contributed by atoms with Crippen molar-refractivity contribution < 1.29 is 0 Å². The van der Waals surface area contributed by atoms with Crippen LogP contribution in [0.3, 0.4) is 0 Å². The van der Waals surface area contributed by atoms with E-state index in [2.05, 4.69) is 4.99 Å². The largest absolute Gasteiger partial charge is 0.383 e. The molecule has 0 unspecified atom stereocenters. The van der Waals surface area contributed by atoms with Crippen molar-refractivity contribution in [1.82, 2.24) is 0 Å². The Bertz CT molecular complexity index is 521. The summed E-state index contributed by atoms with van der Waals surface area (Å²) in [4.78, 5) is 4.34. The number of nitrogens with zero attached hydrogens (tertiary/aromatic N) is 1. The number of rotatable bonds is 3. The molecule has 0 aliphatic carbocycles. The Hall–Kier alpha value is -1.80. The van der Waals surface area contributed by atoms with Crippen molar-refractivity contribution in [1.29, 1.82) is 0 Å².